The van der Waals surface area contributed by atoms with Crippen LogP contribution in [0.3, 0.4) is 0 Å². The van der Waals surface area contributed by atoms with E-state index in [-0.39, 0.29) is 0 Å². The number of rotatable bonds is 6. The molecular weight excluding hydrogens is 226 g/mol. The second-order valence-corrected chi connectivity index (χ2v) is 4.31. The minimum Gasteiger partial charge on any atom is -0.496 e. The van der Waals surface area contributed by atoms with E-state index in [0.29, 0.717) is 0 Å². The molecule has 3 heteroatoms. The second-order valence-electron chi connectivity index (χ2n) is 4.31. The van der Waals surface area contributed by atoms with E-state index in [1.807, 2.05) is 18.2 Å². The van der Waals surface area contributed by atoms with E-state index in [4.69, 9.17) is 9.15 Å². The Labute approximate surface area is 108 Å². The van der Waals surface area contributed by atoms with E-state index in [1.165, 1.54) is 11.1 Å². The van der Waals surface area contributed by atoms with Gasteiger partial charge in [0.2, 0.25) is 0 Å². The molecule has 0 bridgehead atoms. The Morgan fingerprint density at radius 3 is 2.83 bits per heavy atom. The molecule has 0 aliphatic carbocycles. The van der Waals surface area contributed by atoms with Crippen LogP contribution in [0.15, 0.2) is 41.0 Å². The molecule has 96 valence electrons. The zero-order chi connectivity index (χ0) is 12.8. The number of furan rings is 1. The van der Waals surface area contributed by atoms with E-state index in [0.717, 1.165) is 31.0 Å². The third-order valence-electron chi connectivity index (χ3n) is 2.92. The molecule has 0 fully saturated rings. The van der Waals surface area contributed by atoms with Crippen molar-refractivity contribution in [3.05, 3.63) is 53.5 Å². The summed E-state index contributed by atoms with van der Waals surface area (Å²) in [5, 5.41) is 3.40. The van der Waals surface area contributed by atoms with Crippen LogP contribution < -0.4 is 10.1 Å². The Morgan fingerprint density at radius 1 is 1.28 bits per heavy atom. The standard InChI is InChI=1S/C15H19NO2/c1-12-10-13(5-6-15(12)17-2)11-16-8-7-14-4-3-9-18-14/h3-6,9-10,16H,7-8,11H2,1-2H3. The lowest BCUT2D eigenvalue weighted by molar-refractivity contribution is 0.411. The van der Waals surface area contributed by atoms with Gasteiger partial charge in [0.15, 0.2) is 0 Å². The molecule has 2 rings (SSSR count). The van der Waals surface area contributed by atoms with Crippen LogP contribution in [0.1, 0.15) is 16.9 Å². The van der Waals surface area contributed by atoms with Crippen molar-refractivity contribution in [1.82, 2.24) is 5.32 Å². The summed E-state index contributed by atoms with van der Waals surface area (Å²) in [7, 11) is 1.70. The summed E-state index contributed by atoms with van der Waals surface area (Å²) in [4.78, 5) is 0. The van der Waals surface area contributed by atoms with E-state index in [1.54, 1.807) is 13.4 Å². The van der Waals surface area contributed by atoms with Crippen LogP contribution in [-0.2, 0) is 13.0 Å². The highest BCUT2D eigenvalue weighted by molar-refractivity contribution is 5.36. The molecule has 1 N–H and O–H groups in total. The Hall–Kier alpha value is -1.74. The van der Waals surface area contributed by atoms with E-state index in [2.05, 4.69) is 24.4 Å². The number of aryl methyl sites for hydroxylation is 1. The molecule has 0 saturated heterocycles. The molecule has 3 nitrogen and oxygen atoms in total. The number of methoxy groups -OCH3 is 1. The normalized spacial score (nSPS) is 10.6. The lowest BCUT2D eigenvalue weighted by Crippen LogP contribution is -2.16. The average molecular weight is 245 g/mol. The molecule has 0 aliphatic heterocycles. The molecule has 0 unspecified atom stereocenters. The molecule has 1 aromatic heterocycles. The third kappa shape index (κ3) is 3.37. The minimum absolute atomic E-state index is 0.867. The largest absolute Gasteiger partial charge is 0.496 e. The van der Waals surface area contributed by atoms with Crippen LogP contribution in [0.5, 0.6) is 5.75 Å². The highest BCUT2D eigenvalue weighted by Crippen LogP contribution is 2.18. The highest BCUT2D eigenvalue weighted by atomic mass is 16.5. The Kier molecular flexibility index (Phi) is 4.42. The predicted octanol–water partition coefficient (Wildman–Crippen LogP) is 2.93. The smallest absolute Gasteiger partial charge is 0.121 e. The van der Waals surface area contributed by atoms with Gasteiger partial charge in [-0.05, 0) is 36.2 Å². The molecule has 0 saturated carbocycles. The summed E-state index contributed by atoms with van der Waals surface area (Å²) in [6.07, 6.45) is 2.63. The van der Waals surface area contributed by atoms with Crippen molar-refractivity contribution in [2.24, 2.45) is 0 Å². The van der Waals surface area contributed by atoms with Gasteiger partial charge in [-0.1, -0.05) is 12.1 Å². The van der Waals surface area contributed by atoms with Crippen LogP contribution in [0.25, 0.3) is 0 Å². The first-order valence-electron chi connectivity index (χ1n) is 6.16. The summed E-state index contributed by atoms with van der Waals surface area (Å²) >= 11 is 0. The first-order valence-corrected chi connectivity index (χ1v) is 6.16. The first-order chi connectivity index (χ1) is 8.79. The average Bonchev–Trinajstić information content (AvgIpc) is 2.88. The van der Waals surface area contributed by atoms with Gasteiger partial charge in [-0.3, -0.25) is 0 Å². The molecule has 2 aromatic rings. The van der Waals surface area contributed by atoms with E-state index in [9.17, 15) is 0 Å². The maximum absolute atomic E-state index is 5.28. The number of nitrogens with one attached hydrogen (secondary N) is 1. The molecule has 18 heavy (non-hydrogen) atoms. The lowest BCUT2D eigenvalue weighted by atomic mass is 10.1. The first kappa shape index (κ1) is 12.7. The molecule has 0 amide bonds. The number of hydrogen-bond donors (Lipinski definition) is 1. The zero-order valence-electron chi connectivity index (χ0n) is 10.9. The van der Waals surface area contributed by atoms with E-state index >= 15 is 0 Å². The maximum atomic E-state index is 5.28. The number of hydrogen-bond acceptors (Lipinski definition) is 3. The summed E-state index contributed by atoms with van der Waals surface area (Å²) < 4.78 is 10.5. The summed E-state index contributed by atoms with van der Waals surface area (Å²) in [6.45, 7) is 3.84. The van der Waals surface area contributed by atoms with Crippen molar-refractivity contribution in [2.75, 3.05) is 13.7 Å². The molecule has 1 aromatic carbocycles. The summed E-state index contributed by atoms with van der Waals surface area (Å²) in [6, 6.07) is 10.2. The van der Waals surface area contributed by atoms with Crippen molar-refractivity contribution >= 4 is 0 Å². The molecule has 1 heterocycles. The molecule has 0 spiro atoms. The fourth-order valence-electron chi connectivity index (χ4n) is 1.95. The van der Waals surface area contributed by atoms with Crippen LogP contribution >= 0.6 is 0 Å². The van der Waals surface area contributed by atoms with Crippen LogP contribution in [0.4, 0.5) is 0 Å². The van der Waals surface area contributed by atoms with Crippen LogP contribution in [0, 0.1) is 6.92 Å². The number of ether oxygens (including phenoxy) is 1. The van der Waals surface area contributed by atoms with Gasteiger partial charge in [-0.2, -0.15) is 0 Å². The Bertz CT molecular complexity index is 477. The molecular formula is C15H19NO2. The maximum Gasteiger partial charge on any atom is 0.121 e. The van der Waals surface area contributed by atoms with Gasteiger partial charge in [0.25, 0.3) is 0 Å². The highest BCUT2D eigenvalue weighted by Gasteiger charge is 2.00. The van der Waals surface area contributed by atoms with E-state index < -0.39 is 0 Å². The van der Waals surface area contributed by atoms with Gasteiger partial charge in [0.05, 0.1) is 13.4 Å². The Morgan fingerprint density at radius 2 is 2.17 bits per heavy atom. The summed E-state index contributed by atoms with van der Waals surface area (Å²) in [5.74, 6) is 1.96. The zero-order valence-corrected chi connectivity index (χ0v) is 10.9. The van der Waals surface area contributed by atoms with Crippen molar-refractivity contribution < 1.29 is 9.15 Å². The molecule has 0 radical (unpaired) electrons. The predicted molar refractivity (Wildman–Crippen MR) is 71.8 cm³/mol. The van der Waals surface area contributed by atoms with Crippen molar-refractivity contribution in [2.45, 2.75) is 19.9 Å². The van der Waals surface area contributed by atoms with Crippen molar-refractivity contribution in [3.8, 4) is 5.75 Å². The third-order valence-corrected chi connectivity index (χ3v) is 2.92. The van der Waals surface area contributed by atoms with Gasteiger partial charge in [-0.25, -0.2) is 0 Å². The van der Waals surface area contributed by atoms with Crippen LogP contribution in [0.2, 0.25) is 0 Å². The lowest BCUT2D eigenvalue weighted by Gasteiger charge is -2.08. The number of benzene rings is 1. The molecule has 0 atom stereocenters. The van der Waals surface area contributed by atoms with Gasteiger partial charge in [-0.15, -0.1) is 0 Å². The fraction of sp³-hybridized carbons (Fsp3) is 0.333. The van der Waals surface area contributed by atoms with Gasteiger partial charge >= 0.3 is 0 Å². The van der Waals surface area contributed by atoms with Crippen molar-refractivity contribution in [1.29, 1.82) is 0 Å². The fourth-order valence-corrected chi connectivity index (χ4v) is 1.95. The molecule has 0 aliphatic rings. The van der Waals surface area contributed by atoms with Crippen LogP contribution in [-0.4, -0.2) is 13.7 Å². The monoisotopic (exact) mass is 245 g/mol. The van der Waals surface area contributed by atoms with Gasteiger partial charge < -0.3 is 14.5 Å². The van der Waals surface area contributed by atoms with Gasteiger partial charge in [0.1, 0.15) is 11.5 Å². The second kappa shape index (κ2) is 6.26. The van der Waals surface area contributed by atoms with Crippen molar-refractivity contribution in [3.63, 3.8) is 0 Å². The topological polar surface area (TPSA) is 34.4 Å². The van der Waals surface area contributed by atoms with Gasteiger partial charge in [0, 0.05) is 19.5 Å². The minimum atomic E-state index is 0.867. The Balaban J connectivity index is 1.78. The summed E-state index contributed by atoms with van der Waals surface area (Å²) in [5.41, 5.74) is 2.44. The SMILES string of the molecule is COc1ccc(CNCCc2ccco2)cc1C. The quantitative estimate of drug-likeness (QED) is 0.795.